The largest absolute Gasteiger partial charge is 0.299 e. The van der Waals surface area contributed by atoms with E-state index < -0.39 is 0 Å². The van der Waals surface area contributed by atoms with Gasteiger partial charge < -0.3 is 0 Å². The first-order chi connectivity index (χ1) is 5.76. The Morgan fingerprint density at radius 1 is 1.42 bits per heavy atom. The van der Waals surface area contributed by atoms with Gasteiger partial charge in [-0.05, 0) is 45.4 Å². The lowest BCUT2D eigenvalue weighted by molar-refractivity contribution is -0.120. The van der Waals surface area contributed by atoms with Gasteiger partial charge in [0.15, 0.2) is 0 Å². The van der Waals surface area contributed by atoms with E-state index >= 15 is 0 Å². The molecule has 2 aliphatic rings. The van der Waals surface area contributed by atoms with E-state index in [1.165, 1.54) is 31.3 Å². The zero-order valence-corrected chi connectivity index (χ0v) is 7.73. The van der Waals surface area contributed by atoms with Gasteiger partial charge in [0, 0.05) is 5.41 Å². The number of allylic oxidation sites excluding steroid dienone is 2. The maximum Gasteiger partial charge on any atom is 0.139 e. The van der Waals surface area contributed by atoms with Crippen molar-refractivity contribution in [1.82, 2.24) is 0 Å². The minimum atomic E-state index is 0.0421. The van der Waals surface area contributed by atoms with E-state index in [1.54, 1.807) is 6.92 Å². The summed E-state index contributed by atoms with van der Waals surface area (Å²) in [5, 5.41) is 0. The fourth-order valence-electron chi connectivity index (χ4n) is 2.30. The molecule has 0 heterocycles. The van der Waals surface area contributed by atoms with Gasteiger partial charge in [-0.15, -0.1) is 0 Å². The summed E-state index contributed by atoms with van der Waals surface area (Å²) in [7, 11) is 0. The van der Waals surface area contributed by atoms with E-state index in [9.17, 15) is 4.79 Å². The Hall–Kier alpha value is -0.590. The summed E-state index contributed by atoms with van der Waals surface area (Å²) in [6.07, 6.45) is 9.54. The zero-order chi connectivity index (χ0) is 8.60. The number of hydrogen-bond donors (Lipinski definition) is 0. The molecule has 0 unspecified atom stereocenters. The highest BCUT2D eigenvalue weighted by atomic mass is 16.1. The van der Waals surface area contributed by atoms with Crippen molar-refractivity contribution in [2.75, 3.05) is 0 Å². The molecule has 1 heteroatoms. The van der Waals surface area contributed by atoms with Crippen molar-refractivity contribution in [2.45, 2.75) is 45.4 Å². The van der Waals surface area contributed by atoms with Crippen LogP contribution in [-0.2, 0) is 4.79 Å². The van der Waals surface area contributed by atoms with E-state index in [0.29, 0.717) is 5.78 Å². The molecule has 12 heavy (non-hydrogen) atoms. The highest BCUT2D eigenvalue weighted by molar-refractivity contribution is 5.88. The first kappa shape index (κ1) is 8.03. The predicted molar refractivity (Wildman–Crippen MR) is 48.9 cm³/mol. The molecule has 0 bridgehead atoms. The Balaban J connectivity index is 2.17. The summed E-state index contributed by atoms with van der Waals surface area (Å²) in [5.41, 5.74) is 1.50. The molecule has 0 atom stereocenters. The van der Waals surface area contributed by atoms with Gasteiger partial charge in [-0.25, -0.2) is 0 Å². The second kappa shape index (κ2) is 2.72. The molecule has 1 saturated carbocycles. The van der Waals surface area contributed by atoms with Crippen LogP contribution >= 0.6 is 0 Å². The summed E-state index contributed by atoms with van der Waals surface area (Å²) < 4.78 is 0. The third-order valence-corrected chi connectivity index (χ3v) is 3.33. The number of carbonyl (C=O) groups is 1. The molecule has 66 valence electrons. The molecule has 1 nitrogen and oxygen atoms in total. The molecule has 0 aromatic carbocycles. The van der Waals surface area contributed by atoms with Crippen LogP contribution in [0.5, 0.6) is 0 Å². The first-order valence-electron chi connectivity index (χ1n) is 4.96. The molecule has 0 spiro atoms. The molecule has 0 aromatic rings. The van der Waals surface area contributed by atoms with Crippen LogP contribution < -0.4 is 0 Å². The number of carbonyl (C=O) groups excluding carboxylic acids is 1. The van der Waals surface area contributed by atoms with Crippen LogP contribution in [0.25, 0.3) is 0 Å². The van der Waals surface area contributed by atoms with Crippen molar-refractivity contribution in [3.63, 3.8) is 0 Å². The standard InChI is InChI=1S/C11H16O/c1-9(12)11(7-8-11)10-5-3-2-4-6-10/h5H,2-4,6-8H2,1H3. The topological polar surface area (TPSA) is 17.1 Å². The van der Waals surface area contributed by atoms with Crippen LogP contribution in [0.15, 0.2) is 11.6 Å². The quantitative estimate of drug-likeness (QED) is 0.573. The summed E-state index contributed by atoms with van der Waals surface area (Å²) >= 11 is 0. The second-order valence-electron chi connectivity index (χ2n) is 4.11. The van der Waals surface area contributed by atoms with Crippen molar-refractivity contribution in [2.24, 2.45) is 5.41 Å². The molecule has 1 fully saturated rings. The van der Waals surface area contributed by atoms with Crippen molar-refractivity contribution in [3.05, 3.63) is 11.6 Å². The molecule has 0 saturated heterocycles. The number of rotatable bonds is 2. The van der Waals surface area contributed by atoms with Crippen LogP contribution in [0.4, 0.5) is 0 Å². The molecule has 0 N–H and O–H groups in total. The van der Waals surface area contributed by atoms with Crippen LogP contribution in [-0.4, -0.2) is 5.78 Å². The Labute approximate surface area is 73.8 Å². The van der Waals surface area contributed by atoms with Crippen molar-refractivity contribution in [1.29, 1.82) is 0 Å². The van der Waals surface area contributed by atoms with Gasteiger partial charge in [-0.1, -0.05) is 11.6 Å². The van der Waals surface area contributed by atoms with Gasteiger partial charge in [0.2, 0.25) is 0 Å². The lowest BCUT2D eigenvalue weighted by atomic mass is 9.84. The fraction of sp³-hybridized carbons (Fsp3) is 0.727. The van der Waals surface area contributed by atoms with Gasteiger partial charge in [0.1, 0.15) is 5.78 Å². The normalized spacial score (nSPS) is 26.2. The summed E-state index contributed by atoms with van der Waals surface area (Å²) in [6.45, 7) is 1.75. The van der Waals surface area contributed by atoms with Crippen molar-refractivity contribution in [3.8, 4) is 0 Å². The SMILES string of the molecule is CC(=O)C1(C2=CCCCC2)CC1. The van der Waals surface area contributed by atoms with E-state index in [2.05, 4.69) is 6.08 Å². The van der Waals surface area contributed by atoms with Crippen LogP contribution in [0.1, 0.15) is 45.4 Å². The number of ketones is 1. The van der Waals surface area contributed by atoms with E-state index in [4.69, 9.17) is 0 Å². The van der Waals surface area contributed by atoms with Gasteiger partial charge in [0.25, 0.3) is 0 Å². The Kier molecular flexibility index (Phi) is 1.82. The summed E-state index contributed by atoms with van der Waals surface area (Å²) in [4.78, 5) is 11.4. The highest BCUT2D eigenvalue weighted by Gasteiger charge is 2.49. The number of hydrogen-bond acceptors (Lipinski definition) is 1. The molecular weight excluding hydrogens is 148 g/mol. The minimum absolute atomic E-state index is 0.0421. The third kappa shape index (κ3) is 1.12. The fourth-order valence-corrected chi connectivity index (χ4v) is 2.30. The van der Waals surface area contributed by atoms with Gasteiger partial charge in [-0.2, -0.15) is 0 Å². The molecule has 0 amide bonds. The Morgan fingerprint density at radius 2 is 2.17 bits per heavy atom. The predicted octanol–water partition coefficient (Wildman–Crippen LogP) is 2.86. The third-order valence-electron chi connectivity index (χ3n) is 3.33. The van der Waals surface area contributed by atoms with Crippen LogP contribution in [0.2, 0.25) is 0 Å². The molecule has 2 aliphatic carbocycles. The van der Waals surface area contributed by atoms with Crippen LogP contribution in [0.3, 0.4) is 0 Å². The van der Waals surface area contributed by atoms with Crippen molar-refractivity contribution < 1.29 is 4.79 Å². The first-order valence-corrected chi connectivity index (χ1v) is 4.96. The summed E-state index contributed by atoms with van der Waals surface area (Å²) in [5.74, 6) is 0.399. The van der Waals surface area contributed by atoms with E-state index in [0.717, 1.165) is 12.8 Å². The second-order valence-corrected chi connectivity index (χ2v) is 4.11. The highest BCUT2D eigenvalue weighted by Crippen LogP contribution is 2.54. The molecule has 0 radical (unpaired) electrons. The van der Waals surface area contributed by atoms with Crippen molar-refractivity contribution >= 4 is 5.78 Å². The Morgan fingerprint density at radius 3 is 2.58 bits per heavy atom. The molecular formula is C11H16O. The smallest absolute Gasteiger partial charge is 0.139 e. The Bertz CT molecular complexity index is 233. The number of Topliss-reactive ketones (excluding diaryl/α,β-unsaturated/α-hetero) is 1. The maximum absolute atomic E-state index is 11.4. The molecule has 0 aromatic heterocycles. The average Bonchev–Trinajstić information content (AvgIpc) is 2.86. The van der Waals surface area contributed by atoms with E-state index in [-0.39, 0.29) is 5.41 Å². The zero-order valence-electron chi connectivity index (χ0n) is 7.73. The van der Waals surface area contributed by atoms with E-state index in [1.807, 2.05) is 0 Å². The maximum atomic E-state index is 11.4. The van der Waals surface area contributed by atoms with Crippen LogP contribution in [0, 0.1) is 5.41 Å². The van der Waals surface area contributed by atoms with Gasteiger partial charge in [-0.3, -0.25) is 4.79 Å². The molecule has 0 aliphatic heterocycles. The lowest BCUT2D eigenvalue weighted by Gasteiger charge is -2.19. The lowest BCUT2D eigenvalue weighted by Crippen LogP contribution is -2.16. The minimum Gasteiger partial charge on any atom is -0.299 e. The molecule has 2 rings (SSSR count). The summed E-state index contributed by atoms with van der Waals surface area (Å²) in [6, 6.07) is 0. The average molecular weight is 164 g/mol. The monoisotopic (exact) mass is 164 g/mol. The van der Waals surface area contributed by atoms with Gasteiger partial charge >= 0.3 is 0 Å². The van der Waals surface area contributed by atoms with Gasteiger partial charge in [0.05, 0.1) is 0 Å².